The molecule has 0 aliphatic heterocycles. The van der Waals surface area contributed by atoms with Crippen LogP contribution in [-0.2, 0) is 16.0 Å². The SMILES string of the molecule is O=C(OCC12CCC(CC1)CC2)C1=CCc2ccc(F)c(O)c21. The molecular weight excluding hydrogens is 295 g/mol. The third kappa shape index (κ3) is 2.44. The predicted octanol–water partition coefficient (Wildman–Crippen LogP) is 3.98. The lowest BCUT2D eigenvalue weighted by molar-refractivity contribution is -0.142. The van der Waals surface area contributed by atoms with Gasteiger partial charge in [-0.05, 0) is 62.5 Å². The Labute approximate surface area is 135 Å². The molecular formula is C19H21FO3. The molecule has 3 fully saturated rings. The van der Waals surface area contributed by atoms with Crippen LogP contribution >= 0.6 is 0 Å². The molecule has 0 unspecified atom stereocenters. The van der Waals surface area contributed by atoms with Gasteiger partial charge in [0.15, 0.2) is 11.6 Å². The third-order valence-corrected chi connectivity index (χ3v) is 5.99. The van der Waals surface area contributed by atoms with Crippen molar-refractivity contribution in [1.82, 2.24) is 0 Å². The average Bonchev–Trinajstić information content (AvgIpc) is 3.03. The highest BCUT2D eigenvalue weighted by Crippen LogP contribution is 2.50. The van der Waals surface area contributed by atoms with Crippen LogP contribution in [0.2, 0.25) is 0 Å². The summed E-state index contributed by atoms with van der Waals surface area (Å²) < 4.78 is 19.2. The van der Waals surface area contributed by atoms with E-state index in [1.54, 1.807) is 12.1 Å². The fraction of sp³-hybridized carbons (Fsp3) is 0.526. The van der Waals surface area contributed by atoms with E-state index in [0.717, 1.165) is 30.7 Å². The highest BCUT2D eigenvalue weighted by molar-refractivity contribution is 6.19. The van der Waals surface area contributed by atoms with Crippen molar-refractivity contribution in [2.45, 2.75) is 44.9 Å². The molecule has 4 aliphatic rings. The molecule has 0 radical (unpaired) electrons. The van der Waals surface area contributed by atoms with E-state index in [0.29, 0.717) is 24.2 Å². The van der Waals surface area contributed by atoms with Gasteiger partial charge >= 0.3 is 5.97 Å². The van der Waals surface area contributed by atoms with Gasteiger partial charge in [0.1, 0.15) is 0 Å². The Morgan fingerprint density at radius 3 is 2.65 bits per heavy atom. The number of hydrogen-bond acceptors (Lipinski definition) is 3. The summed E-state index contributed by atoms with van der Waals surface area (Å²) in [6.07, 6.45) is 9.41. The number of aromatic hydroxyl groups is 1. The van der Waals surface area contributed by atoms with Gasteiger partial charge in [0, 0.05) is 11.0 Å². The number of hydrogen-bond donors (Lipinski definition) is 1. The Morgan fingerprint density at radius 1 is 1.26 bits per heavy atom. The van der Waals surface area contributed by atoms with Crippen molar-refractivity contribution < 1.29 is 19.0 Å². The summed E-state index contributed by atoms with van der Waals surface area (Å²) in [4.78, 5) is 12.5. The number of phenolic OH excluding ortho intramolecular Hbond substituents is 1. The van der Waals surface area contributed by atoms with Crippen LogP contribution in [-0.4, -0.2) is 17.7 Å². The highest BCUT2D eigenvalue weighted by Gasteiger charge is 2.41. The number of benzene rings is 1. The summed E-state index contributed by atoms with van der Waals surface area (Å²) in [6.45, 7) is 0.446. The van der Waals surface area contributed by atoms with E-state index in [4.69, 9.17) is 4.74 Å². The zero-order chi connectivity index (χ0) is 16.0. The van der Waals surface area contributed by atoms with Crippen molar-refractivity contribution in [2.75, 3.05) is 6.61 Å². The standard InChI is InChI=1S/C19H21FO3/c20-15-4-2-13-1-3-14(16(13)17(15)21)18(22)23-11-19-8-5-12(6-9-19)7-10-19/h2-4,12,21H,1,5-11H2. The van der Waals surface area contributed by atoms with Crippen LogP contribution in [0.4, 0.5) is 4.39 Å². The molecule has 2 bridgehead atoms. The van der Waals surface area contributed by atoms with Crippen LogP contribution in [0.25, 0.3) is 5.57 Å². The number of halogens is 1. The summed E-state index contributed by atoms with van der Waals surface area (Å²) in [6, 6.07) is 2.85. The molecule has 0 aromatic heterocycles. The molecule has 0 heterocycles. The number of phenols is 1. The second-order valence-corrected chi connectivity index (χ2v) is 7.31. The minimum absolute atomic E-state index is 0.149. The summed E-state index contributed by atoms with van der Waals surface area (Å²) in [7, 11) is 0. The first-order valence-corrected chi connectivity index (χ1v) is 8.46. The second kappa shape index (κ2) is 5.36. The Balaban J connectivity index is 1.48. The molecule has 4 heteroatoms. The topological polar surface area (TPSA) is 46.5 Å². The minimum atomic E-state index is -0.700. The maximum absolute atomic E-state index is 13.6. The Hall–Kier alpha value is -1.84. The maximum atomic E-state index is 13.6. The number of carbonyl (C=O) groups is 1. The van der Waals surface area contributed by atoms with Crippen LogP contribution in [0.3, 0.4) is 0 Å². The first-order chi connectivity index (χ1) is 11.1. The molecule has 0 saturated heterocycles. The first-order valence-electron chi connectivity index (χ1n) is 8.46. The van der Waals surface area contributed by atoms with Crippen molar-refractivity contribution >= 4 is 11.5 Å². The predicted molar refractivity (Wildman–Crippen MR) is 84.3 cm³/mol. The zero-order valence-electron chi connectivity index (χ0n) is 13.1. The molecule has 3 nitrogen and oxygen atoms in total. The second-order valence-electron chi connectivity index (χ2n) is 7.31. The van der Waals surface area contributed by atoms with Crippen LogP contribution in [0.1, 0.15) is 49.7 Å². The van der Waals surface area contributed by atoms with Gasteiger partial charge in [0.2, 0.25) is 0 Å². The smallest absolute Gasteiger partial charge is 0.338 e. The van der Waals surface area contributed by atoms with Gasteiger partial charge in [-0.2, -0.15) is 0 Å². The van der Waals surface area contributed by atoms with Gasteiger partial charge < -0.3 is 9.84 Å². The number of carbonyl (C=O) groups excluding carboxylic acids is 1. The Morgan fingerprint density at radius 2 is 1.96 bits per heavy atom. The summed E-state index contributed by atoms with van der Waals surface area (Å²) in [5.41, 5.74) is 1.53. The fourth-order valence-electron chi connectivity index (χ4n) is 4.43. The monoisotopic (exact) mass is 316 g/mol. The molecule has 1 N–H and O–H groups in total. The van der Waals surface area contributed by atoms with Gasteiger partial charge in [-0.25, -0.2) is 9.18 Å². The van der Waals surface area contributed by atoms with Gasteiger partial charge in [-0.1, -0.05) is 12.1 Å². The number of allylic oxidation sites excluding steroid dienone is 1. The molecule has 0 spiro atoms. The molecule has 1 aromatic rings. The molecule has 1 aromatic carbocycles. The van der Waals surface area contributed by atoms with Crippen LogP contribution in [0.15, 0.2) is 18.2 Å². The van der Waals surface area contributed by atoms with Gasteiger partial charge in [0.05, 0.1) is 12.2 Å². The number of esters is 1. The molecule has 23 heavy (non-hydrogen) atoms. The van der Waals surface area contributed by atoms with Crippen LogP contribution in [0, 0.1) is 17.2 Å². The fourth-order valence-corrected chi connectivity index (χ4v) is 4.43. The molecule has 122 valence electrons. The van der Waals surface area contributed by atoms with E-state index in [2.05, 4.69) is 0 Å². The molecule has 0 amide bonds. The lowest BCUT2D eigenvalue weighted by Crippen LogP contribution is -2.38. The number of ether oxygens (including phenoxy) is 1. The summed E-state index contributed by atoms with van der Waals surface area (Å²) in [5, 5.41) is 9.93. The van der Waals surface area contributed by atoms with Crippen molar-refractivity contribution in [3.05, 3.63) is 35.2 Å². The van der Waals surface area contributed by atoms with Crippen LogP contribution in [0.5, 0.6) is 5.75 Å². The van der Waals surface area contributed by atoms with E-state index < -0.39 is 17.5 Å². The van der Waals surface area contributed by atoms with Crippen molar-refractivity contribution in [2.24, 2.45) is 11.3 Å². The molecule has 5 rings (SSSR count). The van der Waals surface area contributed by atoms with E-state index in [1.165, 1.54) is 25.3 Å². The Kier molecular flexibility index (Phi) is 3.43. The summed E-state index contributed by atoms with van der Waals surface area (Å²) >= 11 is 0. The first kappa shape index (κ1) is 14.7. The van der Waals surface area contributed by atoms with E-state index in [-0.39, 0.29) is 5.41 Å². The normalized spacial score (nSPS) is 28.4. The quantitative estimate of drug-likeness (QED) is 0.858. The van der Waals surface area contributed by atoms with E-state index >= 15 is 0 Å². The lowest BCUT2D eigenvalue weighted by atomic mass is 9.61. The van der Waals surface area contributed by atoms with Gasteiger partial charge in [-0.3, -0.25) is 0 Å². The minimum Gasteiger partial charge on any atom is -0.504 e. The summed E-state index contributed by atoms with van der Waals surface area (Å²) in [5.74, 6) is -0.711. The third-order valence-electron chi connectivity index (χ3n) is 5.99. The maximum Gasteiger partial charge on any atom is 0.338 e. The van der Waals surface area contributed by atoms with E-state index in [9.17, 15) is 14.3 Å². The average molecular weight is 316 g/mol. The Bertz CT molecular complexity index is 670. The number of rotatable bonds is 3. The van der Waals surface area contributed by atoms with Crippen molar-refractivity contribution in [1.29, 1.82) is 0 Å². The van der Waals surface area contributed by atoms with Gasteiger partial charge in [0.25, 0.3) is 0 Å². The zero-order valence-corrected chi connectivity index (χ0v) is 13.1. The lowest BCUT2D eigenvalue weighted by Gasteiger charge is -2.46. The van der Waals surface area contributed by atoms with Crippen LogP contribution < -0.4 is 0 Å². The molecule has 0 atom stereocenters. The van der Waals surface area contributed by atoms with Crippen molar-refractivity contribution in [3.8, 4) is 5.75 Å². The highest BCUT2D eigenvalue weighted by atomic mass is 19.1. The van der Waals surface area contributed by atoms with E-state index in [1.807, 2.05) is 0 Å². The molecule has 3 saturated carbocycles. The number of fused-ring (bicyclic) bond motifs is 4. The molecule has 4 aliphatic carbocycles. The largest absolute Gasteiger partial charge is 0.504 e. The van der Waals surface area contributed by atoms with Crippen molar-refractivity contribution in [3.63, 3.8) is 0 Å². The van der Waals surface area contributed by atoms with Gasteiger partial charge in [-0.15, -0.1) is 0 Å².